The fraction of sp³-hybridized carbons (Fsp3) is 0.212. The molecule has 0 fully saturated rings. The van der Waals surface area contributed by atoms with Crippen molar-refractivity contribution in [2.24, 2.45) is 0 Å². The van der Waals surface area contributed by atoms with Gasteiger partial charge in [-0.1, -0.05) is 60.2 Å². The lowest BCUT2D eigenvalue weighted by Gasteiger charge is -2.33. The first-order valence-electron chi connectivity index (χ1n) is 13.6. The third-order valence-corrected chi connectivity index (χ3v) is 9.56. The maximum absolute atomic E-state index is 14.3. The molecule has 4 aromatic carbocycles. The van der Waals surface area contributed by atoms with E-state index in [0.717, 1.165) is 20.3 Å². The van der Waals surface area contributed by atoms with Crippen molar-refractivity contribution in [3.8, 4) is 0 Å². The molecule has 0 heterocycles. The quantitative estimate of drug-likeness (QED) is 0.214. The van der Waals surface area contributed by atoms with Crippen LogP contribution in [0.5, 0.6) is 0 Å². The first kappa shape index (κ1) is 31.8. The van der Waals surface area contributed by atoms with Crippen molar-refractivity contribution in [2.75, 3.05) is 24.2 Å². The van der Waals surface area contributed by atoms with Crippen molar-refractivity contribution in [3.05, 3.63) is 126 Å². The van der Waals surface area contributed by atoms with Crippen LogP contribution in [0.25, 0.3) is 0 Å². The first-order chi connectivity index (χ1) is 20.6. The first-order valence-corrected chi connectivity index (χ1v) is 16.3. The molecule has 0 aliphatic rings. The number of hydrogen-bond donors (Lipinski definition) is 1. The van der Waals surface area contributed by atoms with Crippen molar-refractivity contribution in [1.82, 2.24) is 10.2 Å². The number of thioether (sulfide) groups is 1. The highest BCUT2D eigenvalue weighted by molar-refractivity contribution is 7.98. The molecule has 43 heavy (non-hydrogen) atoms. The van der Waals surface area contributed by atoms with Crippen molar-refractivity contribution in [3.63, 3.8) is 0 Å². The number of nitrogens with zero attached hydrogens (tertiary/aromatic N) is 2. The number of carbonyl (C=O) groups is 2. The monoisotopic (exact) mass is 619 g/mol. The van der Waals surface area contributed by atoms with Crippen molar-refractivity contribution in [2.45, 2.75) is 35.7 Å². The molecule has 0 aliphatic heterocycles. The summed E-state index contributed by atoms with van der Waals surface area (Å²) >= 11 is 1.49. The van der Waals surface area contributed by atoms with E-state index >= 15 is 0 Å². The summed E-state index contributed by atoms with van der Waals surface area (Å²) in [5, 5.41) is 2.65. The summed E-state index contributed by atoms with van der Waals surface area (Å²) in [4.78, 5) is 29.8. The van der Waals surface area contributed by atoms with Gasteiger partial charge in [0.05, 0.1) is 10.6 Å². The molecule has 10 heteroatoms. The van der Waals surface area contributed by atoms with E-state index in [1.807, 2.05) is 43.5 Å². The minimum atomic E-state index is -4.18. The molecule has 0 spiro atoms. The van der Waals surface area contributed by atoms with E-state index in [9.17, 15) is 22.4 Å². The van der Waals surface area contributed by atoms with Gasteiger partial charge in [-0.05, 0) is 72.8 Å². The fourth-order valence-corrected chi connectivity index (χ4v) is 6.44. The number of rotatable bonds is 12. The van der Waals surface area contributed by atoms with Crippen molar-refractivity contribution < 1.29 is 22.4 Å². The SMILES string of the molecule is CNC(=O)[C@H](Cc1ccccc1)N(Cc1ccc(F)cc1)C(=O)CN(c1ccc(C)cc1)S(=O)(=O)c1ccc(SC)cc1. The summed E-state index contributed by atoms with van der Waals surface area (Å²) in [6.07, 6.45) is 2.09. The molecule has 7 nitrogen and oxygen atoms in total. The smallest absolute Gasteiger partial charge is 0.264 e. The fourth-order valence-electron chi connectivity index (χ4n) is 4.62. The number of amides is 2. The van der Waals surface area contributed by atoms with Gasteiger partial charge < -0.3 is 10.2 Å². The summed E-state index contributed by atoms with van der Waals surface area (Å²) in [5.74, 6) is -1.42. The number of halogens is 1. The Kier molecular flexibility index (Phi) is 10.6. The van der Waals surface area contributed by atoms with Gasteiger partial charge in [0.25, 0.3) is 10.0 Å². The molecular formula is C33H34FN3O4S2. The zero-order valence-electron chi connectivity index (χ0n) is 24.2. The number of hydrogen-bond acceptors (Lipinski definition) is 5. The Morgan fingerprint density at radius 2 is 1.49 bits per heavy atom. The molecule has 0 bridgehead atoms. The lowest BCUT2D eigenvalue weighted by atomic mass is 10.0. The van der Waals surface area contributed by atoms with Gasteiger partial charge in [-0.15, -0.1) is 11.8 Å². The number of benzene rings is 4. The maximum atomic E-state index is 14.3. The average molecular weight is 620 g/mol. The van der Waals surface area contributed by atoms with Crippen LogP contribution in [0.2, 0.25) is 0 Å². The molecule has 4 aromatic rings. The summed E-state index contributed by atoms with van der Waals surface area (Å²) < 4.78 is 42.9. The molecule has 4 rings (SSSR count). The Morgan fingerprint density at radius 3 is 2.07 bits per heavy atom. The lowest BCUT2D eigenvalue weighted by molar-refractivity contribution is -0.139. The van der Waals surface area contributed by atoms with E-state index in [0.29, 0.717) is 11.3 Å². The molecule has 2 amide bonds. The zero-order valence-corrected chi connectivity index (χ0v) is 25.9. The second-order valence-corrected chi connectivity index (χ2v) is 12.7. The van der Waals surface area contributed by atoms with Gasteiger partial charge in [-0.25, -0.2) is 12.8 Å². The molecular weight excluding hydrogens is 586 g/mol. The molecule has 0 aliphatic carbocycles. The van der Waals surface area contributed by atoms with Crippen LogP contribution in [0.4, 0.5) is 10.1 Å². The second kappa shape index (κ2) is 14.3. The highest BCUT2D eigenvalue weighted by Gasteiger charge is 2.34. The molecule has 224 valence electrons. The van der Waals surface area contributed by atoms with Crippen molar-refractivity contribution >= 4 is 39.3 Å². The van der Waals surface area contributed by atoms with Gasteiger partial charge in [0.1, 0.15) is 18.4 Å². The van der Waals surface area contributed by atoms with Crippen LogP contribution >= 0.6 is 11.8 Å². The van der Waals surface area contributed by atoms with Gasteiger partial charge in [0, 0.05) is 24.9 Å². The van der Waals surface area contributed by atoms with Crippen molar-refractivity contribution in [1.29, 1.82) is 0 Å². The molecule has 0 aromatic heterocycles. The lowest BCUT2D eigenvalue weighted by Crippen LogP contribution is -2.53. The minimum Gasteiger partial charge on any atom is -0.357 e. The van der Waals surface area contributed by atoms with Gasteiger partial charge in [0.2, 0.25) is 11.8 Å². The Hall–Kier alpha value is -4.15. The Morgan fingerprint density at radius 1 is 0.860 bits per heavy atom. The summed E-state index contributed by atoms with van der Waals surface area (Å²) in [7, 11) is -2.69. The third-order valence-electron chi connectivity index (χ3n) is 7.03. The predicted octanol–water partition coefficient (Wildman–Crippen LogP) is 5.44. The third kappa shape index (κ3) is 8.03. The standard InChI is InChI=1S/C33H34FN3O4S2/c1-24-9-15-28(16-10-24)37(43(40,41)30-19-17-29(42-3)18-20-30)23-32(38)36(22-26-11-13-27(34)14-12-26)31(33(39)35-2)21-25-7-5-4-6-8-25/h4-20,31H,21-23H2,1-3H3,(H,35,39)/t31-/m0/s1. The Bertz CT molecular complexity index is 1630. The highest BCUT2D eigenvalue weighted by Crippen LogP contribution is 2.27. The van der Waals surface area contributed by atoms with Crippen LogP contribution in [0, 0.1) is 12.7 Å². The molecule has 1 N–H and O–H groups in total. The van der Waals surface area contributed by atoms with E-state index in [-0.39, 0.29) is 17.9 Å². The number of aryl methyl sites for hydroxylation is 1. The Labute approximate surface area is 256 Å². The topological polar surface area (TPSA) is 86.8 Å². The van der Waals surface area contributed by atoms with Gasteiger partial charge >= 0.3 is 0 Å². The predicted molar refractivity (Wildman–Crippen MR) is 169 cm³/mol. The van der Waals surface area contributed by atoms with Crippen LogP contribution in [0.3, 0.4) is 0 Å². The van der Waals surface area contributed by atoms with Crippen LogP contribution in [-0.2, 0) is 32.6 Å². The van der Waals surface area contributed by atoms with Crippen LogP contribution < -0.4 is 9.62 Å². The minimum absolute atomic E-state index is 0.0335. The number of anilines is 1. The van der Waals surface area contributed by atoms with E-state index in [1.165, 1.54) is 48.0 Å². The number of likely N-dealkylation sites (N-methyl/N-ethyl adjacent to an activating group) is 1. The number of nitrogens with one attached hydrogen (secondary N) is 1. The van der Waals surface area contributed by atoms with E-state index in [2.05, 4.69) is 5.32 Å². The van der Waals surface area contributed by atoms with Gasteiger partial charge in [-0.3, -0.25) is 13.9 Å². The molecule has 1 atom stereocenters. The largest absolute Gasteiger partial charge is 0.357 e. The number of sulfonamides is 1. The molecule has 0 radical (unpaired) electrons. The summed E-state index contributed by atoms with van der Waals surface area (Å²) in [6, 6.07) is 27.3. The molecule has 0 unspecified atom stereocenters. The second-order valence-electron chi connectivity index (χ2n) is 9.99. The van der Waals surface area contributed by atoms with E-state index < -0.39 is 40.2 Å². The zero-order chi connectivity index (χ0) is 31.0. The normalized spacial score (nSPS) is 11.9. The molecule has 0 saturated heterocycles. The highest BCUT2D eigenvalue weighted by atomic mass is 32.2. The van der Waals surface area contributed by atoms with E-state index in [1.54, 1.807) is 48.5 Å². The number of carbonyl (C=O) groups excluding carboxylic acids is 2. The van der Waals surface area contributed by atoms with Crippen LogP contribution in [-0.4, -0.2) is 51.0 Å². The van der Waals surface area contributed by atoms with E-state index in [4.69, 9.17) is 0 Å². The van der Waals surface area contributed by atoms with Gasteiger partial charge in [0.15, 0.2) is 0 Å². The average Bonchev–Trinajstić information content (AvgIpc) is 3.03. The van der Waals surface area contributed by atoms with Gasteiger partial charge in [-0.2, -0.15) is 0 Å². The van der Waals surface area contributed by atoms with Crippen LogP contribution in [0.15, 0.2) is 113 Å². The summed E-state index contributed by atoms with van der Waals surface area (Å²) in [6.45, 7) is 1.30. The Balaban J connectivity index is 1.77. The summed E-state index contributed by atoms with van der Waals surface area (Å²) in [5.41, 5.74) is 2.66. The maximum Gasteiger partial charge on any atom is 0.264 e. The van der Waals surface area contributed by atoms with Crippen LogP contribution in [0.1, 0.15) is 16.7 Å². The molecule has 0 saturated carbocycles.